The zero-order chi connectivity index (χ0) is 15.1. The van der Waals surface area contributed by atoms with Gasteiger partial charge in [0, 0.05) is 19.6 Å². The van der Waals surface area contributed by atoms with Crippen LogP contribution in [0.3, 0.4) is 0 Å². The van der Waals surface area contributed by atoms with Gasteiger partial charge in [-0.25, -0.2) is 8.42 Å². The molecule has 7 nitrogen and oxygen atoms in total. The fourth-order valence-corrected chi connectivity index (χ4v) is 4.53. The lowest BCUT2D eigenvalue weighted by molar-refractivity contribution is -0.0230. The van der Waals surface area contributed by atoms with Crippen molar-refractivity contribution in [2.24, 2.45) is 7.05 Å². The minimum Gasteiger partial charge on any atom is -0.381 e. The number of nitrogens with zero attached hydrogens (tertiary/aromatic N) is 3. The molecular formula is C12H22N4O3S. The van der Waals surface area contributed by atoms with Crippen molar-refractivity contribution >= 4 is 15.8 Å². The zero-order valence-corrected chi connectivity index (χ0v) is 13.1. The van der Waals surface area contributed by atoms with Crippen molar-refractivity contribution in [1.29, 1.82) is 0 Å². The van der Waals surface area contributed by atoms with Crippen LogP contribution in [0.1, 0.15) is 26.0 Å². The molecule has 114 valence electrons. The fourth-order valence-electron chi connectivity index (χ4n) is 2.48. The summed E-state index contributed by atoms with van der Waals surface area (Å²) in [7, 11) is -1.97. The molecule has 0 amide bonds. The molecule has 20 heavy (non-hydrogen) atoms. The Bertz CT molecular complexity index is 596. The summed E-state index contributed by atoms with van der Waals surface area (Å²) in [5.41, 5.74) is 6.34. The molecule has 0 saturated carbocycles. The van der Waals surface area contributed by atoms with E-state index in [9.17, 15) is 8.42 Å². The first kappa shape index (κ1) is 15.3. The number of hydrogen-bond donors (Lipinski definition) is 1. The molecule has 0 bridgehead atoms. The van der Waals surface area contributed by atoms with Gasteiger partial charge >= 0.3 is 0 Å². The number of nitrogens with two attached hydrogens (primary N) is 1. The number of nitrogen functional groups attached to an aromatic ring is 1. The van der Waals surface area contributed by atoms with Crippen molar-refractivity contribution in [3.8, 4) is 0 Å². The van der Waals surface area contributed by atoms with Crippen molar-refractivity contribution < 1.29 is 13.2 Å². The summed E-state index contributed by atoms with van der Waals surface area (Å²) >= 11 is 0. The molecule has 1 aromatic heterocycles. The van der Waals surface area contributed by atoms with E-state index in [1.165, 1.54) is 8.99 Å². The van der Waals surface area contributed by atoms with Crippen molar-refractivity contribution in [1.82, 2.24) is 14.1 Å². The highest BCUT2D eigenvalue weighted by Gasteiger charge is 2.38. The molecule has 8 heteroatoms. The summed E-state index contributed by atoms with van der Waals surface area (Å²) in [6.45, 7) is 6.28. The van der Waals surface area contributed by atoms with E-state index in [-0.39, 0.29) is 22.9 Å². The average molecular weight is 302 g/mol. The van der Waals surface area contributed by atoms with Gasteiger partial charge in [-0.2, -0.15) is 9.40 Å². The lowest BCUT2D eigenvalue weighted by Crippen LogP contribution is -2.51. The molecule has 2 N–H and O–H groups in total. The molecule has 2 atom stereocenters. The third-order valence-electron chi connectivity index (χ3n) is 3.76. The molecule has 0 aromatic carbocycles. The van der Waals surface area contributed by atoms with Gasteiger partial charge in [-0.15, -0.1) is 0 Å². The normalized spacial score (nSPS) is 25.0. The standard InChI is InChI=1S/C12H22N4O3S/c1-5-10-7-19-8(2)6-16(10)20(17,18)11-9(3)15(4)14-12(11)13/h8,10H,5-7H2,1-4H3,(H2,13,14). The van der Waals surface area contributed by atoms with Crippen LogP contribution in [0.5, 0.6) is 0 Å². The van der Waals surface area contributed by atoms with Crippen LogP contribution in [-0.4, -0.2) is 47.8 Å². The Hall–Kier alpha value is -1.12. The van der Waals surface area contributed by atoms with Gasteiger partial charge in [-0.3, -0.25) is 4.68 Å². The van der Waals surface area contributed by atoms with E-state index in [4.69, 9.17) is 10.5 Å². The summed E-state index contributed by atoms with van der Waals surface area (Å²) in [5, 5.41) is 4.00. The van der Waals surface area contributed by atoms with Crippen molar-refractivity contribution in [3.05, 3.63) is 5.69 Å². The zero-order valence-electron chi connectivity index (χ0n) is 12.3. The summed E-state index contributed by atoms with van der Waals surface area (Å²) in [4.78, 5) is 0.118. The molecule has 2 rings (SSSR count). The van der Waals surface area contributed by atoms with Crippen molar-refractivity contribution in [2.45, 2.75) is 44.2 Å². The van der Waals surface area contributed by atoms with E-state index >= 15 is 0 Å². The topological polar surface area (TPSA) is 90.4 Å². The molecule has 1 aliphatic heterocycles. The first-order valence-corrected chi connectivity index (χ1v) is 8.15. The predicted octanol–water partition coefficient (Wildman–Crippen LogP) is 0.499. The van der Waals surface area contributed by atoms with Crippen LogP contribution in [0.4, 0.5) is 5.82 Å². The molecular weight excluding hydrogens is 280 g/mol. The highest BCUT2D eigenvalue weighted by Crippen LogP contribution is 2.29. The number of aromatic nitrogens is 2. The quantitative estimate of drug-likeness (QED) is 0.878. The van der Waals surface area contributed by atoms with Crippen molar-refractivity contribution in [2.75, 3.05) is 18.9 Å². The first-order chi connectivity index (χ1) is 9.28. The monoisotopic (exact) mass is 302 g/mol. The summed E-state index contributed by atoms with van der Waals surface area (Å²) in [6, 6.07) is -0.157. The lowest BCUT2D eigenvalue weighted by Gasteiger charge is -2.37. The SMILES string of the molecule is CCC1COC(C)CN1S(=O)(=O)c1c(N)nn(C)c1C. The highest BCUT2D eigenvalue weighted by atomic mass is 32.2. The van der Waals surface area contributed by atoms with E-state index in [1.54, 1.807) is 14.0 Å². The van der Waals surface area contributed by atoms with Gasteiger partial charge < -0.3 is 10.5 Å². The molecule has 2 heterocycles. The highest BCUT2D eigenvalue weighted by molar-refractivity contribution is 7.89. The second-order valence-electron chi connectivity index (χ2n) is 5.20. The summed E-state index contributed by atoms with van der Waals surface area (Å²) < 4.78 is 34.3. The third kappa shape index (κ3) is 2.43. The number of ether oxygens (including phenoxy) is 1. The van der Waals surface area contributed by atoms with E-state index in [0.717, 1.165) is 0 Å². The maximum atomic E-state index is 12.9. The maximum Gasteiger partial charge on any atom is 0.249 e. The summed E-state index contributed by atoms with van der Waals surface area (Å²) in [5.74, 6) is 0.0546. The molecule has 0 radical (unpaired) electrons. The Labute approximate surface area is 119 Å². The largest absolute Gasteiger partial charge is 0.381 e. The smallest absolute Gasteiger partial charge is 0.249 e. The number of morpholine rings is 1. The van der Waals surface area contributed by atoms with E-state index in [2.05, 4.69) is 5.10 Å². The minimum atomic E-state index is -3.65. The molecule has 1 saturated heterocycles. The van der Waals surface area contributed by atoms with Crippen LogP contribution in [0.25, 0.3) is 0 Å². The fraction of sp³-hybridized carbons (Fsp3) is 0.750. The average Bonchev–Trinajstić information content (AvgIpc) is 2.63. The van der Waals surface area contributed by atoms with Gasteiger partial charge in [0.25, 0.3) is 0 Å². The molecule has 1 aromatic rings. The minimum absolute atomic E-state index is 0.0546. The van der Waals surface area contributed by atoms with Gasteiger partial charge in [-0.05, 0) is 20.3 Å². The van der Waals surface area contributed by atoms with Gasteiger partial charge in [0.05, 0.1) is 18.4 Å². The van der Waals surface area contributed by atoms with Crippen LogP contribution in [0.2, 0.25) is 0 Å². The second-order valence-corrected chi connectivity index (χ2v) is 7.03. The lowest BCUT2D eigenvalue weighted by atomic mass is 10.2. The van der Waals surface area contributed by atoms with Crippen molar-refractivity contribution in [3.63, 3.8) is 0 Å². The molecule has 0 spiro atoms. The van der Waals surface area contributed by atoms with E-state index < -0.39 is 10.0 Å². The van der Waals surface area contributed by atoms with Gasteiger partial charge in [-0.1, -0.05) is 6.92 Å². The van der Waals surface area contributed by atoms with Crippen LogP contribution in [-0.2, 0) is 21.8 Å². The Morgan fingerprint density at radius 2 is 2.15 bits per heavy atom. The summed E-state index contributed by atoms with van der Waals surface area (Å²) in [6.07, 6.45) is 0.580. The number of aryl methyl sites for hydroxylation is 1. The Morgan fingerprint density at radius 1 is 1.50 bits per heavy atom. The number of hydrogen-bond acceptors (Lipinski definition) is 5. The maximum absolute atomic E-state index is 12.9. The molecule has 1 aliphatic rings. The van der Waals surface area contributed by atoms with E-state index in [1.807, 2.05) is 13.8 Å². The predicted molar refractivity (Wildman–Crippen MR) is 75.7 cm³/mol. The number of anilines is 1. The van der Waals surface area contributed by atoms with Crippen LogP contribution < -0.4 is 5.73 Å². The Morgan fingerprint density at radius 3 is 2.65 bits per heavy atom. The van der Waals surface area contributed by atoms with Gasteiger partial charge in [0.1, 0.15) is 4.90 Å². The molecule has 0 aliphatic carbocycles. The molecule has 1 fully saturated rings. The Kier molecular flexibility index (Phi) is 4.08. The number of sulfonamides is 1. The number of rotatable bonds is 3. The third-order valence-corrected chi connectivity index (χ3v) is 5.84. The first-order valence-electron chi connectivity index (χ1n) is 6.71. The van der Waals surface area contributed by atoms with Gasteiger partial charge in [0.15, 0.2) is 5.82 Å². The van der Waals surface area contributed by atoms with Crippen LogP contribution in [0, 0.1) is 6.92 Å². The Balaban J connectivity index is 2.47. The van der Waals surface area contributed by atoms with Crippen LogP contribution >= 0.6 is 0 Å². The molecule has 2 unspecified atom stereocenters. The second kappa shape index (κ2) is 5.34. The van der Waals surface area contributed by atoms with Gasteiger partial charge in [0.2, 0.25) is 10.0 Å². The van der Waals surface area contributed by atoms with E-state index in [0.29, 0.717) is 25.3 Å². The van der Waals surface area contributed by atoms with Crippen LogP contribution in [0.15, 0.2) is 4.90 Å².